The molecule has 0 fully saturated rings. The average Bonchev–Trinajstić information content (AvgIpc) is 2.97. The Kier molecular flexibility index (Phi) is 5.28. The molecule has 0 atom stereocenters. The summed E-state index contributed by atoms with van der Waals surface area (Å²) in [6, 6.07) is 8.59. The van der Waals surface area contributed by atoms with Gasteiger partial charge in [0.05, 0.1) is 17.3 Å². The summed E-state index contributed by atoms with van der Waals surface area (Å²) in [5.74, 6) is -0.726. The van der Waals surface area contributed by atoms with E-state index < -0.39 is 0 Å². The average molecular weight is 333 g/mol. The number of likely N-dealkylation sites (N-methyl/N-ethyl adjacent to an activating group) is 1. The molecule has 8 nitrogen and oxygen atoms in total. The van der Waals surface area contributed by atoms with Crippen molar-refractivity contribution < 1.29 is 9.59 Å². The highest BCUT2D eigenvalue weighted by atomic mass is 35.5. The first kappa shape index (κ1) is 16.5. The summed E-state index contributed by atoms with van der Waals surface area (Å²) in [5.41, 5.74) is 0.481. The van der Waals surface area contributed by atoms with Crippen LogP contribution >= 0.6 is 11.6 Å². The molecule has 0 aliphatic heterocycles. The molecule has 0 bridgehead atoms. The van der Waals surface area contributed by atoms with Crippen LogP contribution in [0.4, 0.5) is 5.69 Å². The van der Waals surface area contributed by atoms with Gasteiger partial charge in [-0.2, -0.15) is 5.26 Å². The number of nitrogens with zero attached hydrogens (tertiary/aromatic N) is 5. The fourth-order valence-corrected chi connectivity index (χ4v) is 1.92. The van der Waals surface area contributed by atoms with Crippen LogP contribution in [-0.2, 0) is 16.1 Å². The molecule has 0 radical (unpaired) electrons. The van der Waals surface area contributed by atoms with E-state index in [1.54, 1.807) is 30.3 Å². The summed E-state index contributed by atoms with van der Waals surface area (Å²) in [6.45, 7) is -0.242. The quantitative estimate of drug-likeness (QED) is 0.876. The van der Waals surface area contributed by atoms with Crippen molar-refractivity contribution in [3.8, 4) is 6.07 Å². The molecule has 1 aromatic carbocycles. The van der Waals surface area contributed by atoms with Crippen molar-refractivity contribution >= 4 is 29.1 Å². The van der Waals surface area contributed by atoms with Crippen LogP contribution in [0.5, 0.6) is 0 Å². The SMILES string of the molecule is CN(CC(=O)Nc1ccccc1Cl)C(=O)Cn1cnc(C#N)n1. The van der Waals surface area contributed by atoms with Crippen molar-refractivity contribution in [1.82, 2.24) is 19.7 Å². The number of aromatic nitrogens is 3. The van der Waals surface area contributed by atoms with Crippen LogP contribution in [0.25, 0.3) is 0 Å². The van der Waals surface area contributed by atoms with Gasteiger partial charge in [0, 0.05) is 7.05 Å². The van der Waals surface area contributed by atoms with E-state index >= 15 is 0 Å². The predicted octanol–water partition coefficient (Wildman–Crippen LogP) is 0.900. The fourth-order valence-electron chi connectivity index (χ4n) is 1.74. The normalized spacial score (nSPS) is 9.96. The maximum Gasteiger partial charge on any atom is 0.252 e. The molecule has 1 N–H and O–H groups in total. The van der Waals surface area contributed by atoms with Crippen molar-refractivity contribution in [2.45, 2.75) is 6.54 Å². The Balaban J connectivity index is 1.89. The molecule has 0 saturated heterocycles. The molecule has 0 unspecified atom stereocenters. The lowest BCUT2D eigenvalue weighted by Crippen LogP contribution is -2.37. The topological polar surface area (TPSA) is 104 Å². The summed E-state index contributed by atoms with van der Waals surface area (Å²) in [4.78, 5) is 28.9. The van der Waals surface area contributed by atoms with Gasteiger partial charge >= 0.3 is 0 Å². The number of halogens is 1. The first-order valence-electron chi connectivity index (χ1n) is 6.57. The van der Waals surface area contributed by atoms with E-state index in [0.717, 1.165) is 0 Å². The van der Waals surface area contributed by atoms with Gasteiger partial charge in [0.15, 0.2) is 0 Å². The van der Waals surface area contributed by atoms with E-state index in [4.69, 9.17) is 16.9 Å². The van der Waals surface area contributed by atoms with Crippen LogP contribution < -0.4 is 5.32 Å². The number of carbonyl (C=O) groups excluding carboxylic acids is 2. The maximum atomic E-state index is 12.0. The number of anilines is 1. The van der Waals surface area contributed by atoms with E-state index in [-0.39, 0.29) is 30.7 Å². The van der Waals surface area contributed by atoms with Gasteiger partial charge in [-0.25, -0.2) is 9.67 Å². The summed E-state index contributed by atoms with van der Waals surface area (Å²) in [6.07, 6.45) is 1.29. The van der Waals surface area contributed by atoms with Crippen molar-refractivity contribution in [2.24, 2.45) is 0 Å². The third kappa shape index (κ3) is 4.52. The lowest BCUT2D eigenvalue weighted by molar-refractivity contribution is -0.134. The highest BCUT2D eigenvalue weighted by molar-refractivity contribution is 6.33. The molecule has 9 heteroatoms. The number of nitriles is 1. The molecular weight excluding hydrogens is 320 g/mol. The number of para-hydroxylation sites is 1. The van der Waals surface area contributed by atoms with Gasteiger partial charge in [-0.15, -0.1) is 5.10 Å². The number of nitrogens with one attached hydrogen (secondary N) is 1. The minimum Gasteiger partial charge on any atom is -0.335 e. The largest absolute Gasteiger partial charge is 0.335 e. The Hall–Kier alpha value is -2.92. The molecule has 1 aromatic heterocycles. The summed E-state index contributed by atoms with van der Waals surface area (Å²) < 4.78 is 1.24. The Bertz CT molecular complexity index is 767. The van der Waals surface area contributed by atoms with Gasteiger partial charge in [-0.1, -0.05) is 23.7 Å². The zero-order valence-corrected chi connectivity index (χ0v) is 13.0. The Morgan fingerprint density at radius 1 is 1.43 bits per heavy atom. The zero-order valence-electron chi connectivity index (χ0n) is 12.2. The molecular formula is C14H13ClN6O2. The third-order valence-corrected chi connectivity index (χ3v) is 3.22. The van der Waals surface area contributed by atoms with Crippen LogP contribution in [0.1, 0.15) is 5.82 Å². The first-order chi connectivity index (χ1) is 11.0. The first-order valence-corrected chi connectivity index (χ1v) is 6.95. The van der Waals surface area contributed by atoms with Crippen molar-refractivity contribution in [3.05, 3.63) is 41.4 Å². The summed E-state index contributed by atoms with van der Waals surface area (Å²) in [7, 11) is 1.50. The number of carbonyl (C=O) groups is 2. The highest BCUT2D eigenvalue weighted by Crippen LogP contribution is 2.20. The third-order valence-electron chi connectivity index (χ3n) is 2.89. The van der Waals surface area contributed by atoms with E-state index in [9.17, 15) is 9.59 Å². The monoisotopic (exact) mass is 332 g/mol. The number of hydrogen-bond donors (Lipinski definition) is 1. The van der Waals surface area contributed by atoms with E-state index in [0.29, 0.717) is 10.7 Å². The van der Waals surface area contributed by atoms with Crippen LogP contribution in [0, 0.1) is 11.3 Å². The molecule has 2 aromatic rings. The fraction of sp³-hybridized carbons (Fsp3) is 0.214. The maximum absolute atomic E-state index is 12.0. The van der Waals surface area contributed by atoms with Crippen LogP contribution in [0.3, 0.4) is 0 Å². The van der Waals surface area contributed by atoms with Gasteiger partial charge in [-0.05, 0) is 12.1 Å². The zero-order chi connectivity index (χ0) is 16.8. The minimum absolute atomic E-state index is 0.0167. The predicted molar refractivity (Wildman–Crippen MR) is 82.5 cm³/mol. The number of amides is 2. The Labute approximate surface area is 137 Å². The summed E-state index contributed by atoms with van der Waals surface area (Å²) >= 11 is 5.95. The number of benzene rings is 1. The molecule has 0 saturated carbocycles. The van der Waals surface area contributed by atoms with E-state index in [1.165, 1.54) is 23.0 Å². The molecule has 118 valence electrons. The summed E-state index contributed by atoms with van der Waals surface area (Å²) in [5, 5.41) is 15.5. The molecule has 2 rings (SSSR count). The standard InChI is InChI=1S/C14H13ClN6O2/c1-20(14(23)8-21-9-17-12(6-16)19-21)7-13(22)18-11-5-3-2-4-10(11)15/h2-5,9H,7-8H2,1H3,(H,18,22). The Morgan fingerprint density at radius 3 is 2.83 bits per heavy atom. The van der Waals surface area contributed by atoms with Gasteiger partial charge in [0.2, 0.25) is 11.8 Å². The van der Waals surface area contributed by atoms with Gasteiger partial charge in [0.25, 0.3) is 5.82 Å². The van der Waals surface area contributed by atoms with Crippen LogP contribution in [0.2, 0.25) is 5.02 Å². The lowest BCUT2D eigenvalue weighted by Gasteiger charge is -2.17. The van der Waals surface area contributed by atoms with Gasteiger partial charge < -0.3 is 10.2 Å². The van der Waals surface area contributed by atoms with Gasteiger partial charge in [0.1, 0.15) is 18.9 Å². The van der Waals surface area contributed by atoms with Gasteiger partial charge in [-0.3, -0.25) is 9.59 Å². The van der Waals surface area contributed by atoms with Crippen molar-refractivity contribution in [1.29, 1.82) is 5.26 Å². The molecule has 0 aliphatic carbocycles. The van der Waals surface area contributed by atoms with E-state index in [1.807, 2.05) is 0 Å². The second-order valence-corrected chi connectivity index (χ2v) is 5.06. The second-order valence-electron chi connectivity index (χ2n) is 4.66. The number of rotatable bonds is 5. The molecule has 23 heavy (non-hydrogen) atoms. The van der Waals surface area contributed by atoms with Crippen LogP contribution in [0.15, 0.2) is 30.6 Å². The van der Waals surface area contributed by atoms with Crippen molar-refractivity contribution in [2.75, 3.05) is 18.9 Å². The molecule has 0 spiro atoms. The molecule has 2 amide bonds. The number of hydrogen-bond acceptors (Lipinski definition) is 5. The molecule has 0 aliphatic rings. The lowest BCUT2D eigenvalue weighted by atomic mass is 10.3. The molecule has 1 heterocycles. The minimum atomic E-state index is -0.370. The van der Waals surface area contributed by atoms with E-state index in [2.05, 4.69) is 15.4 Å². The Morgan fingerprint density at radius 2 is 2.17 bits per heavy atom. The highest BCUT2D eigenvalue weighted by Gasteiger charge is 2.15. The smallest absolute Gasteiger partial charge is 0.252 e. The van der Waals surface area contributed by atoms with Crippen molar-refractivity contribution in [3.63, 3.8) is 0 Å². The van der Waals surface area contributed by atoms with Crippen LogP contribution in [-0.4, -0.2) is 45.1 Å². The second kappa shape index (κ2) is 7.38.